The molecule has 10 aromatic carbocycles. The molecule has 1 aliphatic carbocycles. The normalized spacial score (nSPS) is 16.8. The van der Waals surface area contributed by atoms with Crippen molar-refractivity contribution in [3.63, 3.8) is 0 Å². The van der Waals surface area contributed by atoms with Crippen LogP contribution in [0.1, 0.15) is 51.8 Å². The molecule has 1 nitrogen and oxygen atoms in total. The lowest BCUT2D eigenvalue weighted by Crippen LogP contribution is -2.28. The van der Waals surface area contributed by atoms with E-state index in [1.807, 2.05) is 0 Å². The third-order valence-electron chi connectivity index (χ3n) is 13.4. The topological polar surface area (TPSA) is 12.4 Å². The highest BCUT2D eigenvalue weighted by Crippen LogP contribution is 2.57. The molecular weight excluding hydrogens is 759 g/mol. The first kappa shape index (κ1) is 36.9. The van der Waals surface area contributed by atoms with Gasteiger partial charge in [0, 0.05) is 11.3 Å². The van der Waals surface area contributed by atoms with Crippen molar-refractivity contribution in [2.24, 2.45) is 4.99 Å². The van der Waals surface area contributed by atoms with E-state index >= 15 is 0 Å². The van der Waals surface area contributed by atoms with Gasteiger partial charge in [0.2, 0.25) is 0 Å². The molecule has 0 bridgehead atoms. The summed E-state index contributed by atoms with van der Waals surface area (Å²) >= 11 is 0. The highest BCUT2D eigenvalue weighted by Gasteiger charge is 2.46. The fourth-order valence-corrected chi connectivity index (χ4v) is 10.6. The third-order valence-corrected chi connectivity index (χ3v) is 13.4. The Bertz CT molecular complexity index is 3430. The van der Waals surface area contributed by atoms with Crippen LogP contribution in [-0.4, -0.2) is 5.71 Å². The number of rotatable bonds is 6. The minimum absolute atomic E-state index is 0.439. The molecule has 0 atom stereocenters. The monoisotopic (exact) mass is 801 g/mol. The van der Waals surface area contributed by atoms with Crippen molar-refractivity contribution in [3.05, 3.63) is 276 Å². The number of fused-ring (bicyclic) bond motifs is 9. The van der Waals surface area contributed by atoms with Gasteiger partial charge >= 0.3 is 0 Å². The summed E-state index contributed by atoms with van der Waals surface area (Å²) in [6.07, 6.45) is 6.38. The average Bonchev–Trinajstić information content (AvgIpc) is 3.65. The standard InChI is InChI=1S/C62H43N/c1-5-19-42(20-6-1)44-23-17-34-59(63-60(41-44)43-21-7-2-8-22-43)46-35-37-52-50-28-13-14-29-51(50)54-32-18-31-49(61(54)56(52)40-46)45-36-38-58-55(39-45)53-30-15-16-33-57(53)62(58,47-24-9-3-10-25-47)48-26-11-4-12-27-48/h1-16,18-33,35-41H,17,34H2/b44-23+,60-41-,63-59+. The zero-order valence-electron chi connectivity index (χ0n) is 34.9. The Labute approximate surface area is 368 Å². The van der Waals surface area contributed by atoms with Gasteiger partial charge < -0.3 is 0 Å². The van der Waals surface area contributed by atoms with Crippen LogP contribution in [0.3, 0.4) is 0 Å². The van der Waals surface area contributed by atoms with Gasteiger partial charge in [0.05, 0.1) is 11.1 Å². The molecule has 1 aliphatic heterocycles. The van der Waals surface area contributed by atoms with E-state index in [4.69, 9.17) is 4.99 Å². The minimum Gasteiger partial charge on any atom is -0.252 e. The first-order valence-corrected chi connectivity index (χ1v) is 22.1. The largest absolute Gasteiger partial charge is 0.252 e. The van der Waals surface area contributed by atoms with E-state index in [1.54, 1.807) is 0 Å². The molecule has 0 radical (unpaired) electrons. The van der Waals surface area contributed by atoms with Crippen molar-refractivity contribution in [3.8, 4) is 22.3 Å². The van der Waals surface area contributed by atoms with Gasteiger partial charge in [-0.05, 0) is 125 Å². The van der Waals surface area contributed by atoms with E-state index in [-0.39, 0.29) is 0 Å². The van der Waals surface area contributed by atoms with Gasteiger partial charge in [-0.3, -0.25) is 4.99 Å². The maximum Gasteiger partial charge on any atom is 0.0713 e. The van der Waals surface area contributed by atoms with E-state index < -0.39 is 5.41 Å². The number of nitrogens with zero attached hydrogens (tertiary/aromatic N) is 1. The molecule has 0 fully saturated rings. The summed E-state index contributed by atoms with van der Waals surface area (Å²) in [6, 6.07) is 82.6. The fraction of sp³-hybridized carbons (Fsp3) is 0.0484. The second-order valence-electron chi connectivity index (χ2n) is 16.8. The van der Waals surface area contributed by atoms with Gasteiger partial charge in [-0.2, -0.15) is 0 Å². The molecule has 0 saturated carbocycles. The van der Waals surface area contributed by atoms with Crippen molar-refractivity contribution in [1.29, 1.82) is 0 Å². The average molecular weight is 802 g/mol. The van der Waals surface area contributed by atoms with E-state index in [0.29, 0.717) is 0 Å². The quantitative estimate of drug-likeness (QED) is 0.149. The Kier molecular flexibility index (Phi) is 8.94. The van der Waals surface area contributed by atoms with Crippen LogP contribution in [0.2, 0.25) is 0 Å². The van der Waals surface area contributed by atoms with Crippen molar-refractivity contribution >= 4 is 49.3 Å². The molecule has 0 saturated heterocycles. The SMILES string of the molecule is C1=C(c2ccccc2)\N=C(\c2ccc3c4ccccc4c4cccc(-c5ccc6c(c5)-c5ccccc5C6(c5ccccc5)c5ccccc5)c4c3c2)CC\C=C/1c1ccccc1. The van der Waals surface area contributed by atoms with Crippen LogP contribution in [0.4, 0.5) is 0 Å². The second kappa shape index (κ2) is 15.2. The summed E-state index contributed by atoms with van der Waals surface area (Å²) in [7, 11) is 0. The molecule has 1 heteroatoms. The van der Waals surface area contributed by atoms with Gasteiger partial charge in [0.1, 0.15) is 0 Å². The number of hydrogen-bond acceptors (Lipinski definition) is 1. The van der Waals surface area contributed by atoms with Crippen LogP contribution in [-0.2, 0) is 5.41 Å². The van der Waals surface area contributed by atoms with Crippen molar-refractivity contribution in [2.75, 3.05) is 0 Å². The Balaban J connectivity index is 1.08. The third kappa shape index (κ3) is 6.03. The Hall–Kier alpha value is -7.87. The Morgan fingerprint density at radius 1 is 0.365 bits per heavy atom. The van der Waals surface area contributed by atoms with Crippen LogP contribution >= 0.6 is 0 Å². The summed E-state index contributed by atoms with van der Waals surface area (Å²) in [4.78, 5) is 5.54. The zero-order chi connectivity index (χ0) is 41.7. The van der Waals surface area contributed by atoms with Crippen LogP contribution in [0.5, 0.6) is 0 Å². The molecule has 0 amide bonds. The van der Waals surface area contributed by atoms with Crippen LogP contribution < -0.4 is 0 Å². The molecule has 0 unspecified atom stereocenters. The molecule has 0 N–H and O–H groups in total. The van der Waals surface area contributed by atoms with Gasteiger partial charge in [-0.15, -0.1) is 0 Å². The maximum atomic E-state index is 5.54. The van der Waals surface area contributed by atoms with Crippen molar-refractivity contribution in [1.82, 2.24) is 0 Å². The summed E-state index contributed by atoms with van der Waals surface area (Å²) in [5, 5.41) is 7.57. The van der Waals surface area contributed by atoms with Gasteiger partial charge in [-0.1, -0.05) is 218 Å². The molecule has 2 aliphatic rings. The number of benzene rings is 10. The highest BCUT2D eigenvalue weighted by molar-refractivity contribution is 6.29. The van der Waals surface area contributed by atoms with Crippen molar-refractivity contribution in [2.45, 2.75) is 18.3 Å². The summed E-state index contributed by atoms with van der Waals surface area (Å²) < 4.78 is 0. The highest BCUT2D eigenvalue weighted by atomic mass is 14.8. The Morgan fingerprint density at radius 3 is 1.65 bits per heavy atom. The van der Waals surface area contributed by atoms with Crippen LogP contribution in [0, 0.1) is 0 Å². The smallest absolute Gasteiger partial charge is 0.0713 e. The van der Waals surface area contributed by atoms with Crippen LogP contribution in [0.25, 0.3) is 65.8 Å². The second-order valence-corrected chi connectivity index (χ2v) is 16.8. The molecule has 1 heterocycles. The predicted octanol–water partition coefficient (Wildman–Crippen LogP) is 15.9. The molecule has 12 rings (SSSR count). The molecule has 0 spiro atoms. The van der Waals surface area contributed by atoms with E-state index in [0.717, 1.165) is 35.4 Å². The lowest BCUT2D eigenvalue weighted by molar-refractivity contribution is 0.768. The lowest BCUT2D eigenvalue weighted by atomic mass is 9.67. The maximum absolute atomic E-state index is 5.54. The number of hydrogen-bond donors (Lipinski definition) is 0. The fourth-order valence-electron chi connectivity index (χ4n) is 10.6. The van der Waals surface area contributed by atoms with E-state index in [2.05, 4.69) is 237 Å². The molecule has 63 heavy (non-hydrogen) atoms. The van der Waals surface area contributed by atoms with E-state index in [9.17, 15) is 0 Å². The minimum atomic E-state index is -0.439. The molecule has 10 aromatic rings. The van der Waals surface area contributed by atoms with Gasteiger partial charge in [-0.25, -0.2) is 0 Å². The molecular formula is C62H43N. The number of allylic oxidation sites excluding steroid dienone is 3. The summed E-state index contributed by atoms with van der Waals surface area (Å²) in [6.45, 7) is 0. The summed E-state index contributed by atoms with van der Waals surface area (Å²) in [5.41, 5.74) is 16.5. The van der Waals surface area contributed by atoms with Gasteiger partial charge in [0.25, 0.3) is 0 Å². The predicted molar refractivity (Wildman–Crippen MR) is 266 cm³/mol. The zero-order valence-corrected chi connectivity index (χ0v) is 34.9. The lowest BCUT2D eigenvalue weighted by Gasteiger charge is -2.33. The van der Waals surface area contributed by atoms with Gasteiger partial charge in [0.15, 0.2) is 0 Å². The number of aliphatic imine (C=N–C) groups is 1. The first-order chi connectivity index (χ1) is 31.3. The van der Waals surface area contributed by atoms with E-state index in [1.165, 1.54) is 88.0 Å². The van der Waals surface area contributed by atoms with Crippen LogP contribution in [0.15, 0.2) is 242 Å². The molecule has 296 valence electrons. The van der Waals surface area contributed by atoms with Crippen molar-refractivity contribution < 1.29 is 0 Å². The Morgan fingerprint density at radius 2 is 0.921 bits per heavy atom. The summed E-state index contributed by atoms with van der Waals surface area (Å²) in [5.74, 6) is 0. The first-order valence-electron chi connectivity index (χ1n) is 22.1. The molecule has 0 aromatic heterocycles.